The predicted octanol–water partition coefficient (Wildman–Crippen LogP) is 3.30. The molecule has 1 aliphatic carbocycles. The number of likely N-dealkylation sites (tertiary alicyclic amines) is 2. The summed E-state index contributed by atoms with van der Waals surface area (Å²) in [5.41, 5.74) is 0.921. The van der Waals surface area contributed by atoms with Gasteiger partial charge in [0.1, 0.15) is 0 Å². The topological polar surface area (TPSA) is 49.6 Å². The molecule has 3 atom stereocenters. The number of carbonyl (C=O) groups excluding carboxylic acids is 1. The zero-order valence-electron chi connectivity index (χ0n) is 14.7. The van der Waals surface area contributed by atoms with Crippen molar-refractivity contribution in [3.8, 4) is 0 Å². The quantitative estimate of drug-likeness (QED) is 0.853. The molecule has 0 aromatic carbocycles. The molecule has 3 fully saturated rings. The fourth-order valence-electron chi connectivity index (χ4n) is 5.08. The number of hydrogen-bond donors (Lipinski definition) is 0. The van der Waals surface area contributed by atoms with E-state index in [2.05, 4.69) is 15.0 Å². The second kappa shape index (κ2) is 6.87. The van der Waals surface area contributed by atoms with Crippen molar-refractivity contribution in [1.29, 1.82) is 0 Å². The van der Waals surface area contributed by atoms with Gasteiger partial charge in [-0.05, 0) is 57.9 Å². The van der Waals surface area contributed by atoms with E-state index < -0.39 is 0 Å². The zero-order valence-corrected chi connectivity index (χ0v) is 14.7. The van der Waals surface area contributed by atoms with Gasteiger partial charge in [-0.15, -0.1) is 0 Å². The van der Waals surface area contributed by atoms with Gasteiger partial charge in [-0.25, -0.2) is 0 Å². The van der Waals surface area contributed by atoms with Crippen molar-refractivity contribution in [2.24, 2.45) is 5.92 Å². The fraction of sp³-hybridized carbons (Fsp3) is 0.789. The molecular weight excluding hydrogens is 302 g/mol. The van der Waals surface area contributed by atoms with Gasteiger partial charge in [0.15, 0.2) is 5.76 Å². The van der Waals surface area contributed by atoms with E-state index >= 15 is 0 Å². The van der Waals surface area contributed by atoms with Crippen molar-refractivity contribution in [2.45, 2.75) is 70.4 Å². The minimum absolute atomic E-state index is 0.224. The summed E-state index contributed by atoms with van der Waals surface area (Å²) in [6.07, 6.45) is 9.85. The summed E-state index contributed by atoms with van der Waals surface area (Å²) >= 11 is 0. The summed E-state index contributed by atoms with van der Waals surface area (Å²) in [4.78, 5) is 17.5. The van der Waals surface area contributed by atoms with Crippen LogP contribution < -0.4 is 0 Å². The lowest BCUT2D eigenvalue weighted by molar-refractivity contribution is -0.139. The van der Waals surface area contributed by atoms with Crippen molar-refractivity contribution in [1.82, 2.24) is 15.0 Å². The summed E-state index contributed by atoms with van der Waals surface area (Å²) < 4.78 is 5.47. The lowest BCUT2D eigenvalue weighted by atomic mass is 9.78. The van der Waals surface area contributed by atoms with Crippen molar-refractivity contribution in [3.63, 3.8) is 0 Å². The van der Waals surface area contributed by atoms with Crippen LogP contribution >= 0.6 is 0 Å². The third-order valence-corrected chi connectivity index (χ3v) is 6.24. The molecule has 3 aliphatic rings. The van der Waals surface area contributed by atoms with Crippen LogP contribution in [0.25, 0.3) is 0 Å². The maximum absolute atomic E-state index is 13.0. The summed E-state index contributed by atoms with van der Waals surface area (Å²) in [6.45, 7) is 4.43. The van der Waals surface area contributed by atoms with Crippen LogP contribution in [0.3, 0.4) is 0 Å². The zero-order chi connectivity index (χ0) is 16.5. The van der Waals surface area contributed by atoms with Crippen LogP contribution in [0.5, 0.6) is 0 Å². The molecule has 0 N–H and O–H groups in total. The maximum atomic E-state index is 13.0. The molecule has 1 aromatic rings. The Bertz CT molecular complexity index is 583. The highest BCUT2D eigenvalue weighted by molar-refractivity contribution is 5.79. The average Bonchev–Trinajstić information content (AvgIpc) is 3.23. The van der Waals surface area contributed by atoms with Crippen molar-refractivity contribution >= 4 is 5.91 Å². The molecule has 0 spiro atoms. The Labute approximate surface area is 144 Å². The average molecular weight is 331 g/mol. The van der Waals surface area contributed by atoms with Gasteiger partial charge in [-0.3, -0.25) is 9.69 Å². The Hall–Kier alpha value is -1.36. The first-order valence-electron chi connectivity index (χ1n) is 9.69. The summed E-state index contributed by atoms with van der Waals surface area (Å²) in [7, 11) is 0. The molecule has 0 bridgehead atoms. The molecule has 2 aliphatic heterocycles. The van der Waals surface area contributed by atoms with Crippen LogP contribution in [0.4, 0.5) is 0 Å². The standard InChI is InChI=1S/C19H29N3O2/c1-14-12-18(24-20-14)17-9-5-10-21(17)13-19(23)22-11-4-7-15-6-2-3-8-16(15)22/h12,15-17H,2-11,13H2,1H3/t15-,16+,17-/m0/s1. The number of amides is 1. The molecule has 0 unspecified atom stereocenters. The van der Waals surface area contributed by atoms with Crippen molar-refractivity contribution < 1.29 is 9.32 Å². The van der Waals surface area contributed by atoms with E-state index in [-0.39, 0.29) is 6.04 Å². The number of rotatable bonds is 3. The van der Waals surface area contributed by atoms with Gasteiger partial charge in [0.25, 0.3) is 0 Å². The number of hydrogen-bond acceptors (Lipinski definition) is 4. The number of nitrogens with zero attached hydrogens (tertiary/aromatic N) is 3. The number of carbonyl (C=O) groups is 1. The molecule has 1 aromatic heterocycles. The summed E-state index contributed by atoms with van der Waals surface area (Å²) in [6, 6.07) is 2.75. The van der Waals surface area contributed by atoms with Gasteiger partial charge in [0.05, 0.1) is 18.3 Å². The van der Waals surface area contributed by atoms with E-state index in [1.165, 1.54) is 38.5 Å². The first kappa shape index (κ1) is 16.1. The van der Waals surface area contributed by atoms with Crippen LogP contribution in [-0.2, 0) is 4.79 Å². The minimum Gasteiger partial charge on any atom is -0.359 e. The molecule has 0 radical (unpaired) electrons. The highest BCUT2D eigenvalue weighted by atomic mass is 16.5. The van der Waals surface area contributed by atoms with Crippen LogP contribution in [0.15, 0.2) is 10.6 Å². The first-order valence-corrected chi connectivity index (χ1v) is 9.69. The Balaban J connectivity index is 1.43. The van der Waals surface area contributed by atoms with Gasteiger partial charge < -0.3 is 9.42 Å². The van der Waals surface area contributed by atoms with Gasteiger partial charge in [-0.1, -0.05) is 18.0 Å². The smallest absolute Gasteiger partial charge is 0.237 e. The largest absolute Gasteiger partial charge is 0.359 e. The third kappa shape index (κ3) is 3.10. The fourth-order valence-corrected chi connectivity index (χ4v) is 5.08. The molecule has 4 rings (SSSR count). The second-order valence-electron chi connectivity index (χ2n) is 7.84. The monoisotopic (exact) mass is 331 g/mol. The van der Waals surface area contributed by atoms with Gasteiger partial charge in [0.2, 0.25) is 5.91 Å². The SMILES string of the molecule is Cc1cc([C@@H]2CCCN2CC(=O)N2CCC[C@@H]3CCCC[C@H]32)on1. The van der Waals surface area contributed by atoms with E-state index in [9.17, 15) is 4.79 Å². The molecule has 5 nitrogen and oxygen atoms in total. The number of aromatic nitrogens is 1. The van der Waals surface area contributed by atoms with Crippen LogP contribution in [0, 0.1) is 12.8 Å². The molecule has 3 heterocycles. The van der Waals surface area contributed by atoms with Gasteiger partial charge in [0, 0.05) is 18.7 Å². The highest BCUT2D eigenvalue weighted by Gasteiger charge is 2.37. The van der Waals surface area contributed by atoms with E-state index in [1.54, 1.807) is 0 Å². The summed E-state index contributed by atoms with van der Waals surface area (Å²) in [5.74, 6) is 2.00. The van der Waals surface area contributed by atoms with Crippen molar-refractivity contribution in [2.75, 3.05) is 19.6 Å². The molecular formula is C19H29N3O2. The van der Waals surface area contributed by atoms with Crippen LogP contribution in [-0.4, -0.2) is 46.5 Å². The van der Waals surface area contributed by atoms with Gasteiger partial charge >= 0.3 is 0 Å². The molecule has 1 saturated carbocycles. The lowest BCUT2D eigenvalue weighted by Gasteiger charge is -2.44. The lowest BCUT2D eigenvalue weighted by Crippen LogP contribution is -2.52. The van der Waals surface area contributed by atoms with E-state index in [0.29, 0.717) is 18.5 Å². The molecule has 24 heavy (non-hydrogen) atoms. The first-order chi connectivity index (χ1) is 11.7. The predicted molar refractivity (Wildman–Crippen MR) is 91.5 cm³/mol. The van der Waals surface area contributed by atoms with Gasteiger partial charge in [-0.2, -0.15) is 0 Å². The van der Waals surface area contributed by atoms with E-state index in [0.717, 1.165) is 43.3 Å². The number of piperidine rings is 1. The molecule has 5 heteroatoms. The Kier molecular flexibility index (Phi) is 4.61. The minimum atomic E-state index is 0.224. The van der Waals surface area contributed by atoms with Crippen molar-refractivity contribution in [3.05, 3.63) is 17.5 Å². The van der Waals surface area contributed by atoms with E-state index in [1.807, 2.05) is 13.0 Å². The highest BCUT2D eigenvalue weighted by Crippen LogP contribution is 2.36. The molecule has 2 saturated heterocycles. The normalized spacial score (nSPS) is 31.2. The maximum Gasteiger partial charge on any atom is 0.237 e. The number of fused-ring (bicyclic) bond motifs is 1. The van der Waals surface area contributed by atoms with Crippen LogP contribution in [0.1, 0.15) is 68.9 Å². The Morgan fingerprint density at radius 2 is 1.96 bits per heavy atom. The van der Waals surface area contributed by atoms with Crippen LogP contribution in [0.2, 0.25) is 0 Å². The summed E-state index contributed by atoms with van der Waals surface area (Å²) in [5, 5.41) is 4.02. The molecule has 132 valence electrons. The Morgan fingerprint density at radius 3 is 2.79 bits per heavy atom. The third-order valence-electron chi connectivity index (χ3n) is 6.24. The molecule has 1 amide bonds. The second-order valence-corrected chi connectivity index (χ2v) is 7.84. The Morgan fingerprint density at radius 1 is 1.17 bits per heavy atom. The van der Waals surface area contributed by atoms with E-state index in [4.69, 9.17) is 4.52 Å². The number of aryl methyl sites for hydroxylation is 1.